The number of anilines is 1. The van der Waals surface area contributed by atoms with Gasteiger partial charge in [-0.15, -0.1) is 0 Å². The fraction of sp³-hybridized carbons (Fsp3) is 0.154. The van der Waals surface area contributed by atoms with Crippen LogP contribution in [-0.2, 0) is 0 Å². The van der Waals surface area contributed by atoms with Crippen LogP contribution in [0, 0.1) is 0 Å². The fourth-order valence-electron chi connectivity index (χ4n) is 1.52. The van der Waals surface area contributed by atoms with Gasteiger partial charge in [-0.3, -0.25) is 10.1 Å². The van der Waals surface area contributed by atoms with Crippen LogP contribution < -0.4 is 14.8 Å². The first-order chi connectivity index (χ1) is 9.24. The van der Waals surface area contributed by atoms with Crippen molar-refractivity contribution in [1.29, 1.82) is 0 Å². The molecule has 6 nitrogen and oxygen atoms in total. The molecule has 0 atom stereocenters. The maximum absolute atomic E-state index is 12.1. The van der Waals surface area contributed by atoms with Crippen molar-refractivity contribution in [3.8, 4) is 11.5 Å². The number of carbonyl (C=O) groups is 1. The molecule has 0 bridgehead atoms. The number of nitrogens with zero attached hydrogens (tertiary/aromatic N) is 2. The molecular formula is C13H13N3O3. The van der Waals surface area contributed by atoms with E-state index in [1.165, 1.54) is 14.2 Å². The van der Waals surface area contributed by atoms with Crippen molar-refractivity contribution in [3.63, 3.8) is 0 Å². The molecule has 0 aliphatic heterocycles. The Kier molecular flexibility index (Phi) is 3.92. The molecule has 0 aliphatic rings. The van der Waals surface area contributed by atoms with Crippen molar-refractivity contribution < 1.29 is 14.3 Å². The number of nitrogens with one attached hydrogen (secondary N) is 1. The summed E-state index contributed by atoms with van der Waals surface area (Å²) < 4.78 is 10.2. The van der Waals surface area contributed by atoms with Crippen LogP contribution in [0.4, 0.5) is 5.95 Å². The van der Waals surface area contributed by atoms with E-state index in [4.69, 9.17) is 9.47 Å². The van der Waals surface area contributed by atoms with Gasteiger partial charge < -0.3 is 9.47 Å². The highest BCUT2D eigenvalue weighted by Crippen LogP contribution is 2.24. The normalized spacial score (nSPS) is 9.79. The third-order valence-electron chi connectivity index (χ3n) is 2.44. The van der Waals surface area contributed by atoms with Gasteiger partial charge in [-0.25, -0.2) is 9.97 Å². The number of carbonyl (C=O) groups excluding carboxylic acids is 1. The van der Waals surface area contributed by atoms with Crippen LogP contribution in [0.15, 0.2) is 36.7 Å². The maximum atomic E-state index is 12.1. The first kappa shape index (κ1) is 12.8. The summed E-state index contributed by atoms with van der Waals surface area (Å²) in [5, 5.41) is 2.59. The molecule has 6 heteroatoms. The van der Waals surface area contributed by atoms with Crippen LogP contribution >= 0.6 is 0 Å². The summed E-state index contributed by atoms with van der Waals surface area (Å²) >= 11 is 0. The second-order valence-electron chi connectivity index (χ2n) is 3.59. The summed E-state index contributed by atoms with van der Waals surface area (Å²) in [5.74, 6) is 0.897. The minimum atomic E-state index is -0.359. The average Bonchev–Trinajstić information content (AvgIpc) is 2.47. The molecule has 2 rings (SSSR count). The molecule has 1 heterocycles. The molecule has 1 aromatic carbocycles. The molecule has 1 N–H and O–H groups in total. The first-order valence-electron chi connectivity index (χ1n) is 5.55. The van der Waals surface area contributed by atoms with Gasteiger partial charge in [0.25, 0.3) is 5.91 Å². The number of ether oxygens (including phenoxy) is 2. The van der Waals surface area contributed by atoms with E-state index >= 15 is 0 Å². The summed E-state index contributed by atoms with van der Waals surface area (Å²) in [4.78, 5) is 20.0. The van der Waals surface area contributed by atoms with Gasteiger partial charge in [0, 0.05) is 12.4 Å². The van der Waals surface area contributed by atoms with Crippen LogP contribution in [0.5, 0.6) is 11.5 Å². The van der Waals surface area contributed by atoms with Crippen LogP contribution in [0.2, 0.25) is 0 Å². The zero-order valence-electron chi connectivity index (χ0n) is 10.6. The molecule has 0 spiro atoms. The Morgan fingerprint density at radius 2 is 1.89 bits per heavy atom. The molecule has 0 aliphatic carbocycles. The highest BCUT2D eigenvalue weighted by atomic mass is 16.5. The monoisotopic (exact) mass is 259 g/mol. The van der Waals surface area contributed by atoms with Gasteiger partial charge in [-0.1, -0.05) is 0 Å². The predicted molar refractivity (Wildman–Crippen MR) is 69.5 cm³/mol. The lowest BCUT2D eigenvalue weighted by molar-refractivity contribution is 0.102. The Labute approximate surface area is 110 Å². The van der Waals surface area contributed by atoms with Gasteiger partial charge in [-0.05, 0) is 24.3 Å². The Morgan fingerprint density at radius 1 is 1.16 bits per heavy atom. The molecule has 0 fully saturated rings. The first-order valence-corrected chi connectivity index (χ1v) is 5.55. The van der Waals surface area contributed by atoms with E-state index in [9.17, 15) is 4.79 Å². The molecule has 1 aromatic heterocycles. The summed E-state index contributed by atoms with van der Waals surface area (Å²) in [5.41, 5.74) is 0.356. The number of hydrogen-bond acceptors (Lipinski definition) is 5. The highest BCUT2D eigenvalue weighted by Gasteiger charge is 2.14. The lowest BCUT2D eigenvalue weighted by Crippen LogP contribution is -2.15. The molecule has 0 saturated carbocycles. The summed E-state index contributed by atoms with van der Waals surface area (Å²) in [6.45, 7) is 0. The van der Waals surface area contributed by atoms with E-state index in [1.54, 1.807) is 36.7 Å². The second kappa shape index (κ2) is 5.81. The Bertz CT molecular complexity index is 573. The lowest BCUT2D eigenvalue weighted by Gasteiger charge is -2.09. The van der Waals surface area contributed by atoms with Crippen molar-refractivity contribution in [2.75, 3.05) is 19.5 Å². The minimum absolute atomic E-state index is 0.234. The van der Waals surface area contributed by atoms with E-state index in [0.29, 0.717) is 17.1 Å². The standard InChI is InChI=1S/C13H13N3O3/c1-18-9-4-5-11(19-2)10(8-9)12(17)16-13-14-6-3-7-15-13/h3-8H,1-2H3,(H,14,15,16,17). The Morgan fingerprint density at radius 3 is 2.53 bits per heavy atom. The van der Waals surface area contributed by atoms with Crippen molar-refractivity contribution in [1.82, 2.24) is 9.97 Å². The molecule has 98 valence electrons. The fourth-order valence-corrected chi connectivity index (χ4v) is 1.52. The molecular weight excluding hydrogens is 246 g/mol. The van der Waals surface area contributed by atoms with Gasteiger partial charge >= 0.3 is 0 Å². The molecule has 0 unspecified atom stereocenters. The van der Waals surface area contributed by atoms with Crippen LogP contribution in [0.1, 0.15) is 10.4 Å². The van der Waals surface area contributed by atoms with Crippen molar-refractivity contribution in [2.45, 2.75) is 0 Å². The van der Waals surface area contributed by atoms with E-state index in [2.05, 4.69) is 15.3 Å². The number of methoxy groups -OCH3 is 2. The molecule has 2 aromatic rings. The van der Waals surface area contributed by atoms with Crippen LogP contribution in [0.25, 0.3) is 0 Å². The number of rotatable bonds is 4. The highest BCUT2D eigenvalue weighted by molar-refractivity contribution is 6.05. The van der Waals surface area contributed by atoms with E-state index < -0.39 is 0 Å². The number of hydrogen-bond donors (Lipinski definition) is 1. The van der Waals surface area contributed by atoms with Crippen molar-refractivity contribution in [2.24, 2.45) is 0 Å². The van der Waals surface area contributed by atoms with E-state index in [-0.39, 0.29) is 11.9 Å². The molecule has 1 amide bonds. The van der Waals surface area contributed by atoms with Crippen LogP contribution in [-0.4, -0.2) is 30.1 Å². The molecule has 0 radical (unpaired) electrons. The summed E-state index contributed by atoms with van der Waals surface area (Å²) in [6, 6.07) is 6.65. The zero-order chi connectivity index (χ0) is 13.7. The van der Waals surface area contributed by atoms with E-state index in [1.807, 2.05) is 0 Å². The maximum Gasteiger partial charge on any atom is 0.261 e. The Balaban J connectivity index is 2.27. The van der Waals surface area contributed by atoms with Gasteiger partial charge in [0.05, 0.1) is 19.8 Å². The average molecular weight is 259 g/mol. The number of amides is 1. The predicted octanol–water partition coefficient (Wildman–Crippen LogP) is 1.75. The third-order valence-corrected chi connectivity index (χ3v) is 2.44. The van der Waals surface area contributed by atoms with Gasteiger partial charge in [-0.2, -0.15) is 0 Å². The topological polar surface area (TPSA) is 73.3 Å². The Hall–Kier alpha value is -2.63. The lowest BCUT2D eigenvalue weighted by atomic mass is 10.1. The molecule has 19 heavy (non-hydrogen) atoms. The number of aromatic nitrogens is 2. The molecule has 0 saturated heterocycles. The minimum Gasteiger partial charge on any atom is -0.497 e. The summed E-state index contributed by atoms with van der Waals surface area (Å²) in [6.07, 6.45) is 3.09. The number of benzene rings is 1. The van der Waals surface area contributed by atoms with Gasteiger partial charge in [0.2, 0.25) is 5.95 Å². The smallest absolute Gasteiger partial charge is 0.261 e. The second-order valence-corrected chi connectivity index (χ2v) is 3.59. The van der Waals surface area contributed by atoms with Gasteiger partial charge in [0.15, 0.2) is 0 Å². The largest absolute Gasteiger partial charge is 0.497 e. The summed E-state index contributed by atoms with van der Waals surface area (Å²) in [7, 11) is 3.03. The van der Waals surface area contributed by atoms with Crippen molar-refractivity contribution in [3.05, 3.63) is 42.2 Å². The van der Waals surface area contributed by atoms with Crippen LogP contribution in [0.3, 0.4) is 0 Å². The SMILES string of the molecule is COc1ccc(OC)c(C(=O)Nc2ncccn2)c1. The zero-order valence-corrected chi connectivity index (χ0v) is 10.6. The quantitative estimate of drug-likeness (QED) is 0.905. The van der Waals surface area contributed by atoms with Crippen molar-refractivity contribution >= 4 is 11.9 Å². The van der Waals surface area contributed by atoms with E-state index in [0.717, 1.165) is 0 Å². The van der Waals surface area contributed by atoms with Gasteiger partial charge in [0.1, 0.15) is 11.5 Å². The third kappa shape index (κ3) is 2.98.